The first-order valence-electron chi connectivity index (χ1n) is 10.7. The van der Waals surface area contributed by atoms with Gasteiger partial charge in [0.15, 0.2) is 0 Å². The van der Waals surface area contributed by atoms with E-state index in [0.717, 1.165) is 27.5 Å². The van der Waals surface area contributed by atoms with E-state index in [1.807, 2.05) is 54.6 Å². The second-order valence-corrected chi connectivity index (χ2v) is 7.86. The molecule has 0 bridgehead atoms. The number of ketones is 1. The lowest BCUT2D eigenvalue weighted by atomic mass is 9.94. The van der Waals surface area contributed by atoms with Crippen molar-refractivity contribution < 1.29 is 14.7 Å². The van der Waals surface area contributed by atoms with Crippen molar-refractivity contribution in [2.75, 3.05) is 18.5 Å². The molecule has 0 saturated heterocycles. The van der Waals surface area contributed by atoms with Crippen LogP contribution >= 0.6 is 0 Å². The first kappa shape index (κ1) is 21.7. The number of aliphatic hydroxyl groups is 1. The third kappa shape index (κ3) is 4.53. The Morgan fingerprint density at radius 3 is 2.34 bits per heavy atom. The number of fused-ring (bicyclic) bond motifs is 2. The standard InChI is InChI=1S/C26H25N3O3/c1-17(32)7-6-12-27-24-13-18(15-30)14-25(21(24)16-31)29-26-19-8-2-4-10-22(19)28-23-11-5-3-9-20(23)26/h2-5,8-11,13-14,24,27,30H,6-7,12,15H2,1H3,(H,28,29). The van der Waals surface area contributed by atoms with Crippen molar-refractivity contribution in [3.8, 4) is 0 Å². The highest BCUT2D eigenvalue weighted by Gasteiger charge is 2.23. The smallest absolute Gasteiger partial charge is 0.132 e. The molecule has 6 heteroatoms. The van der Waals surface area contributed by atoms with E-state index < -0.39 is 6.04 Å². The summed E-state index contributed by atoms with van der Waals surface area (Å²) in [6.45, 7) is 1.98. The topological polar surface area (TPSA) is 91.3 Å². The van der Waals surface area contributed by atoms with Crippen LogP contribution in [-0.2, 0) is 9.59 Å². The average molecular weight is 428 g/mol. The predicted molar refractivity (Wildman–Crippen MR) is 127 cm³/mol. The van der Waals surface area contributed by atoms with Crippen LogP contribution in [0.1, 0.15) is 19.8 Å². The van der Waals surface area contributed by atoms with Gasteiger partial charge in [-0.25, -0.2) is 9.78 Å². The highest BCUT2D eigenvalue weighted by atomic mass is 16.3. The highest BCUT2D eigenvalue weighted by Crippen LogP contribution is 2.34. The summed E-state index contributed by atoms with van der Waals surface area (Å²) in [4.78, 5) is 28.0. The van der Waals surface area contributed by atoms with Gasteiger partial charge in [-0.05, 0) is 43.7 Å². The number of Topliss-reactive ketones (excluding diaryl/α,β-unsaturated/α-hetero) is 1. The molecule has 32 heavy (non-hydrogen) atoms. The van der Waals surface area contributed by atoms with E-state index in [9.17, 15) is 14.7 Å². The lowest BCUT2D eigenvalue weighted by molar-refractivity contribution is -0.117. The van der Waals surface area contributed by atoms with Gasteiger partial charge in [0.1, 0.15) is 11.7 Å². The first-order chi connectivity index (χ1) is 15.6. The van der Waals surface area contributed by atoms with Crippen molar-refractivity contribution in [1.82, 2.24) is 10.3 Å². The maximum absolute atomic E-state index is 12.0. The van der Waals surface area contributed by atoms with Crippen molar-refractivity contribution in [2.45, 2.75) is 25.8 Å². The van der Waals surface area contributed by atoms with E-state index in [1.165, 1.54) is 0 Å². The number of rotatable bonds is 8. The Labute approximate surface area is 186 Å². The van der Waals surface area contributed by atoms with Crippen LogP contribution in [0.15, 0.2) is 77.5 Å². The lowest BCUT2D eigenvalue weighted by Crippen LogP contribution is -2.34. The first-order valence-corrected chi connectivity index (χ1v) is 10.7. The summed E-state index contributed by atoms with van der Waals surface area (Å²) >= 11 is 0. The zero-order chi connectivity index (χ0) is 22.5. The summed E-state index contributed by atoms with van der Waals surface area (Å²) in [5.74, 6) is 2.21. The van der Waals surface area contributed by atoms with E-state index >= 15 is 0 Å². The molecule has 0 radical (unpaired) electrons. The summed E-state index contributed by atoms with van der Waals surface area (Å²) in [5, 5.41) is 18.4. The number of hydrogen-bond donors (Lipinski definition) is 3. The molecule has 1 unspecified atom stereocenters. The highest BCUT2D eigenvalue weighted by molar-refractivity contribution is 6.08. The van der Waals surface area contributed by atoms with E-state index in [1.54, 1.807) is 13.0 Å². The van der Waals surface area contributed by atoms with Gasteiger partial charge in [0.25, 0.3) is 0 Å². The van der Waals surface area contributed by atoms with E-state index in [0.29, 0.717) is 36.2 Å². The molecule has 1 aliphatic carbocycles. The lowest BCUT2D eigenvalue weighted by Gasteiger charge is -2.25. The van der Waals surface area contributed by atoms with Crippen LogP contribution in [0.5, 0.6) is 0 Å². The Balaban J connectivity index is 1.72. The number of nitrogens with one attached hydrogen (secondary N) is 2. The van der Waals surface area contributed by atoms with Gasteiger partial charge in [-0.15, -0.1) is 0 Å². The molecular formula is C26H25N3O3. The fourth-order valence-electron chi connectivity index (χ4n) is 3.96. The molecule has 1 aliphatic rings. The largest absolute Gasteiger partial charge is 0.392 e. The van der Waals surface area contributed by atoms with Crippen molar-refractivity contribution >= 4 is 39.2 Å². The maximum Gasteiger partial charge on any atom is 0.132 e. The van der Waals surface area contributed by atoms with Gasteiger partial charge in [0, 0.05) is 17.2 Å². The van der Waals surface area contributed by atoms with Gasteiger partial charge in [-0.3, -0.25) is 0 Å². The molecule has 0 fully saturated rings. The normalized spacial score (nSPS) is 15.9. The third-order valence-electron chi connectivity index (χ3n) is 5.52. The van der Waals surface area contributed by atoms with Crippen LogP contribution in [-0.4, -0.2) is 41.0 Å². The number of anilines is 1. The molecule has 0 aliphatic heterocycles. The van der Waals surface area contributed by atoms with Crippen LogP contribution in [0.25, 0.3) is 21.8 Å². The number of nitrogens with zero attached hydrogens (tertiary/aromatic N) is 1. The van der Waals surface area contributed by atoms with Crippen molar-refractivity contribution in [1.29, 1.82) is 0 Å². The zero-order valence-electron chi connectivity index (χ0n) is 17.9. The van der Waals surface area contributed by atoms with E-state index in [-0.39, 0.29) is 12.4 Å². The van der Waals surface area contributed by atoms with Crippen LogP contribution in [0.3, 0.4) is 0 Å². The Bertz CT molecular complexity index is 1230. The molecule has 2 aromatic carbocycles. The number of aliphatic hydroxyl groups excluding tert-OH is 1. The van der Waals surface area contributed by atoms with Crippen molar-refractivity contribution in [2.24, 2.45) is 0 Å². The van der Waals surface area contributed by atoms with Crippen LogP contribution in [0, 0.1) is 0 Å². The number of para-hydroxylation sites is 2. The molecule has 6 nitrogen and oxygen atoms in total. The molecule has 1 heterocycles. The summed E-state index contributed by atoms with van der Waals surface area (Å²) in [5.41, 5.74) is 4.24. The van der Waals surface area contributed by atoms with E-state index in [2.05, 4.69) is 16.6 Å². The van der Waals surface area contributed by atoms with Crippen LogP contribution < -0.4 is 10.6 Å². The minimum absolute atomic E-state index is 0.131. The minimum atomic E-state index is -0.409. The fourth-order valence-corrected chi connectivity index (χ4v) is 3.96. The maximum atomic E-state index is 12.0. The second kappa shape index (κ2) is 9.71. The molecule has 3 aromatic rings. The summed E-state index contributed by atoms with van der Waals surface area (Å²) in [7, 11) is 0. The number of carbonyl (C=O) groups is 1. The minimum Gasteiger partial charge on any atom is -0.392 e. The Hall–Kier alpha value is -3.57. The number of benzene rings is 2. The molecule has 162 valence electrons. The fraction of sp³-hybridized carbons (Fsp3) is 0.231. The SMILES string of the molecule is CC(=O)CCCNC1C=C(CO)C=C(Nc2c3ccccc3nc3ccccc23)C1=C=O. The molecule has 1 atom stereocenters. The number of hydrogen-bond acceptors (Lipinski definition) is 6. The molecule has 0 saturated carbocycles. The van der Waals surface area contributed by atoms with Gasteiger partial charge in [-0.1, -0.05) is 42.5 Å². The zero-order valence-corrected chi connectivity index (χ0v) is 17.9. The molecule has 4 rings (SSSR count). The van der Waals surface area contributed by atoms with Gasteiger partial charge in [-0.2, -0.15) is 0 Å². The second-order valence-electron chi connectivity index (χ2n) is 7.86. The molecule has 1 aromatic heterocycles. The number of pyridine rings is 1. The molecule has 0 spiro atoms. The summed E-state index contributed by atoms with van der Waals surface area (Å²) in [6.07, 6.45) is 4.75. The van der Waals surface area contributed by atoms with E-state index in [4.69, 9.17) is 4.98 Å². The van der Waals surface area contributed by atoms with Gasteiger partial charge < -0.3 is 20.5 Å². The Morgan fingerprint density at radius 1 is 1.09 bits per heavy atom. The number of carbonyl (C=O) groups excluding carboxylic acids is 2. The summed E-state index contributed by atoms with van der Waals surface area (Å²) in [6, 6.07) is 15.3. The van der Waals surface area contributed by atoms with Crippen LogP contribution in [0.2, 0.25) is 0 Å². The monoisotopic (exact) mass is 427 g/mol. The Morgan fingerprint density at radius 2 is 1.75 bits per heavy atom. The molecule has 3 N–H and O–H groups in total. The van der Waals surface area contributed by atoms with Gasteiger partial charge >= 0.3 is 0 Å². The predicted octanol–water partition coefficient (Wildman–Crippen LogP) is 3.70. The van der Waals surface area contributed by atoms with Gasteiger partial charge in [0.05, 0.1) is 40.6 Å². The average Bonchev–Trinajstić information content (AvgIpc) is 2.81. The number of aromatic nitrogens is 1. The molecule has 0 amide bonds. The summed E-state index contributed by atoms with van der Waals surface area (Å²) < 4.78 is 0. The van der Waals surface area contributed by atoms with Crippen molar-refractivity contribution in [3.05, 3.63) is 77.5 Å². The van der Waals surface area contributed by atoms with Gasteiger partial charge in [0.2, 0.25) is 0 Å². The van der Waals surface area contributed by atoms with Crippen molar-refractivity contribution in [3.63, 3.8) is 0 Å². The van der Waals surface area contributed by atoms with Crippen LogP contribution in [0.4, 0.5) is 5.69 Å². The Kier molecular flexibility index (Phi) is 6.57. The third-order valence-corrected chi connectivity index (χ3v) is 5.52. The molecular weight excluding hydrogens is 402 g/mol. The quantitative estimate of drug-likeness (QED) is 0.288.